The van der Waals surface area contributed by atoms with Crippen molar-refractivity contribution in [3.8, 4) is 0 Å². The monoisotopic (exact) mass is 360 g/mol. The number of carbonyl (C=O) groups excluding carboxylic acids is 1. The van der Waals surface area contributed by atoms with Crippen LogP contribution in [0.5, 0.6) is 0 Å². The molecule has 4 nitrogen and oxygen atoms in total. The highest BCUT2D eigenvalue weighted by Crippen LogP contribution is 2.68. The molecule has 0 saturated heterocycles. The van der Waals surface area contributed by atoms with Crippen molar-refractivity contribution in [1.29, 1.82) is 0 Å². The molecule has 0 aliphatic heterocycles. The molecule has 6 atom stereocenters. The van der Waals surface area contributed by atoms with Gasteiger partial charge in [0.05, 0.1) is 5.60 Å². The summed E-state index contributed by atoms with van der Waals surface area (Å²) in [7, 11) is 0. The van der Waals surface area contributed by atoms with Crippen LogP contribution >= 0.6 is 0 Å². The third kappa shape index (κ3) is 2.44. The van der Waals surface area contributed by atoms with E-state index in [1.54, 1.807) is 0 Å². The zero-order valence-electron chi connectivity index (χ0n) is 16.1. The van der Waals surface area contributed by atoms with Crippen LogP contribution in [0.3, 0.4) is 0 Å². The first-order chi connectivity index (χ1) is 12.2. The molecule has 0 unspecified atom stereocenters. The van der Waals surface area contributed by atoms with Crippen molar-refractivity contribution in [2.75, 3.05) is 0 Å². The third-order valence-corrected chi connectivity index (χ3v) is 9.04. The summed E-state index contributed by atoms with van der Waals surface area (Å²) in [6.07, 6.45) is 9.98. The van der Waals surface area contributed by atoms with Crippen molar-refractivity contribution < 1.29 is 19.8 Å². The maximum absolute atomic E-state index is 11.9. The van der Waals surface area contributed by atoms with Crippen LogP contribution < -0.4 is 0 Å². The van der Waals surface area contributed by atoms with E-state index in [1.165, 1.54) is 5.57 Å². The minimum Gasteiger partial charge on any atom is -0.481 e. The summed E-state index contributed by atoms with van der Waals surface area (Å²) in [6, 6.07) is 0. The van der Waals surface area contributed by atoms with Crippen LogP contribution in [0.4, 0.5) is 0 Å². The molecule has 3 fully saturated rings. The number of fused-ring (bicyclic) bond motifs is 5. The van der Waals surface area contributed by atoms with E-state index in [1.807, 2.05) is 6.08 Å². The molecule has 4 rings (SSSR count). The van der Waals surface area contributed by atoms with E-state index >= 15 is 0 Å². The summed E-state index contributed by atoms with van der Waals surface area (Å²) in [4.78, 5) is 23.0. The quantitative estimate of drug-likeness (QED) is 0.794. The van der Waals surface area contributed by atoms with E-state index in [-0.39, 0.29) is 17.3 Å². The largest absolute Gasteiger partial charge is 0.481 e. The molecule has 4 aliphatic rings. The summed E-state index contributed by atoms with van der Waals surface area (Å²) in [5.74, 6) is 1.17. The van der Waals surface area contributed by atoms with Gasteiger partial charge in [-0.1, -0.05) is 19.4 Å². The molecule has 2 N–H and O–H groups in total. The third-order valence-electron chi connectivity index (χ3n) is 9.04. The van der Waals surface area contributed by atoms with Crippen molar-refractivity contribution in [2.24, 2.45) is 28.6 Å². The summed E-state index contributed by atoms with van der Waals surface area (Å²) in [5.41, 5.74) is 0.532. The number of ketones is 1. The molecule has 0 spiro atoms. The molecule has 0 amide bonds. The molecule has 4 heteroatoms. The molecule has 4 aliphatic carbocycles. The second kappa shape index (κ2) is 5.92. The number of carbonyl (C=O) groups is 2. The number of allylic oxidation sites excluding steroid dienone is 1. The summed E-state index contributed by atoms with van der Waals surface area (Å²) < 4.78 is 0. The van der Waals surface area contributed by atoms with Gasteiger partial charge in [-0.05, 0) is 86.0 Å². The summed E-state index contributed by atoms with van der Waals surface area (Å²) in [6.45, 7) is 4.59. The first-order valence-corrected chi connectivity index (χ1v) is 10.4. The Hall–Kier alpha value is -1.16. The van der Waals surface area contributed by atoms with Crippen LogP contribution in [0, 0.1) is 28.6 Å². The topological polar surface area (TPSA) is 74.6 Å². The molecule has 3 saturated carbocycles. The molecule has 144 valence electrons. The van der Waals surface area contributed by atoms with E-state index in [2.05, 4.69) is 13.8 Å². The molecule has 0 heterocycles. The van der Waals surface area contributed by atoms with Crippen LogP contribution in [0.15, 0.2) is 11.6 Å². The molecule has 0 aromatic heterocycles. The highest BCUT2D eigenvalue weighted by atomic mass is 16.4. The van der Waals surface area contributed by atoms with Crippen LogP contribution in [0.25, 0.3) is 0 Å². The first-order valence-electron chi connectivity index (χ1n) is 10.4. The number of rotatable bonds is 3. The van der Waals surface area contributed by atoms with E-state index in [9.17, 15) is 14.7 Å². The van der Waals surface area contributed by atoms with Crippen LogP contribution in [-0.2, 0) is 9.59 Å². The normalized spacial score (nSPS) is 47.6. The highest BCUT2D eigenvalue weighted by Gasteiger charge is 2.63. The number of hydrogen-bond donors (Lipinski definition) is 2. The number of carboxylic acid groups (broad SMARTS) is 1. The molecule has 0 bridgehead atoms. The van der Waals surface area contributed by atoms with Gasteiger partial charge in [-0.2, -0.15) is 0 Å². The fourth-order valence-corrected chi connectivity index (χ4v) is 7.39. The lowest BCUT2D eigenvalue weighted by Crippen LogP contribution is -2.54. The van der Waals surface area contributed by atoms with Gasteiger partial charge in [-0.3, -0.25) is 9.59 Å². The van der Waals surface area contributed by atoms with Gasteiger partial charge in [0.1, 0.15) is 0 Å². The van der Waals surface area contributed by atoms with Crippen molar-refractivity contribution in [1.82, 2.24) is 0 Å². The van der Waals surface area contributed by atoms with E-state index in [4.69, 9.17) is 5.11 Å². The van der Waals surface area contributed by atoms with Gasteiger partial charge in [0, 0.05) is 12.8 Å². The van der Waals surface area contributed by atoms with Crippen molar-refractivity contribution in [3.05, 3.63) is 11.6 Å². The average molecular weight is 360 g/mol. The number of aliphatic hydroxyl groups is 1. The Kier molecular flexibility index (Phi) is 4.15. The second-order valence-corrected chi connectivity index (χ2v) is 9.89. The Bertz CT molecular complexity index is 667. The van der Waals surface area contributed by atoms with Gasteiger partial charge in [0.25, 0.3) is 0 Å². The number of hydrogen-bond acceptors (Lipinski definition) is 3. The standard InChI is InChI=1S/C22H32O4/c1-20-9-5-15(23)13-14(20)3-4-16-17(20)6-10-21(2)18(16)7-11-22(21,26)12-8-19(24)25/h13,16-18,26H,3-12H2,1-2H3,(H,24,25)/t16-,17+,18+,20+,21+,22-/m1/s1. The SMILES string of the molecule is C[C@]12CCC(=O)C=C1CC[C@@H]1[C@@H]2CC[C@@]2(C)[C@H]1CC[C@@]2(O)CCC(=O)O. The van der Waals surface area contributed by atoms with Gasteiger partial charge in [0.15, 0.2) is 5.78 Å². The lowest BCUT2D eigenvalue weighted by atomic mass is 9.46. The maximum Gasteiger partial charge on any atom is 0.303 e. The predicted octanol–water partition coefficient (Wildman–Crippen LogP) is 4.11. The Morgan fingerprint density at radius 1 is 1.12 bits per heavy atom. The van der Waals surface area contributed by atoms with Crippen molar-refractivity contribution in [2.45, 2.75) is 83.7 Å². The average Bonchev–Trinajstić information content (AvgIpc) is 2.86. The lowest BCUT2D eigenvalue weighted by molar-refractivity contribution is -0.147. The molecular weight excluding hydrogens is 328 g/mol. The summed E-state index contributed by atoms with van der Waals surface area (Å²) in [5, 5.41) is 20.5. The zero-order valence-corrected chi connectivity index (χ0v) is 16.1. The minimum atomic E-state index is -0.833. The van der Waals surface area contributed by atoms with Gasteiger partial charge >= 0.3 is 5.97 Å². The van der Waals surface area contributed by atoms with Crippen molar-refractivity contribution >= 4 is 11.8 Å². The van der Waals surface area contributed by atoms with Crippen LogP contribution in [-0.4, -0.2) is 27.6 Å². The predicted molar refractivity (Wildman–Crippen MR) is 98.5 cm³/mol. The number of carboxylic acids is 1. The van der Waals surface area contributed by atoms with E-state index < -0.39 is 11.6 Å². The Labute approximate surface area is 156 Å². The minimum absolute atomic E-state index is 0.0552. The van der Waals surface area contributed by atoms with Gasteiger partial charge in [-0.15, -0.1) is 0 Å². The van der Waals surface area contributed by atoms with Crippen molar-refractivity contribution in [3.63, 3.8) is 0 Å². The van der Waals surface area contributed by atoms with Crippen LogP contribution in [0.2, 0.25) is 0 Å². The Morgan fingerprint density at radius 2 is 1.85 bits per heavy atom. The van der Waals surface area contributed by atoms with E-state index in [0.29, 0.717) is 36.4 Å². The fraction of sp³-hybridized carbons (Fsp3) is 0.818. The molecular formula is C22H32O4. The van der Waals surface area contributed by atoms with Gasteiger partial charge in [0.2, 0.25) is 0 Å². The van der Waals surface area contributed by atoms with Gasteiger partial charge in [-0.25, -0.2) is 0 Å². The first kappa shape index (κ1) is 18.2. The van der Waals surface area contributed by atoms with Gasteiger partial charge < -0.3 is 10.2 Å². The lowest BCUT2D eigenvalue weighted by Gasteiger charge is -2.59. The smallest absolute Gasteiger partial charge is 0.303 e. The van der Waals surface area contributed by atoms with E-state index in [0.717, 1.165) is 44.9 Å². The highest BCUT2D eigenvalue weighted by molar-refractivity contribution is 5.91. The van der Waals surface area contributed by atoms with Crippen LogP contribution in [0.1, 0.15) is 78.1 Å². The Morgan fingerprint density at radius 3 is 2.58 bits per heavy atom. The summed E-state index contributed by atoms with van der Waals surface area (Å²) >= 11 is 0. The zero-order chi connectivity index (χ0) is 18.7. The maximum atomic E-state index is 11.9. The second-order valence-electron chi connectivity index (χ2n) is 9.89. The molecule has 26 heavy (non-hydrogen) atoms. The molecule has 0 radical (unpaired) electrons. The molecule has 0 aromatic carbocycles. The molecule has 0 aromatic rings. The number of aliphatic carboxylic acids is 1. The fourth-order valence-electron chi connectivity index (χ4n) is 7.39. The Balaban J connectivity index is 1.61.